The molecule has 0 saturated carbocycles. The van der Waals surface area contributed by atoms with Gasteiger partial charge in [0.2, 0.25) is 0 Å². The predicted octanol–water partition coefficient (Wildman–Crippen LogP) is 2.09. The van der Waals surface area contributed by atoms with E-state index in [9.17, 15) is 4.79 Å². The summed E-state index contributed by atoms with van der Waals surface area (Å²) in [4.78, 5) is 16.6. The van der Waals surface area contributed by atoms with E-state index in [2.05, 4.69) is 17.2 Å². The number of fused-ring (bicyclic) bond motifs is 1. The first-order valence-corrected chi connectivity index (χ1v) is 6.61. The van der Waals surface area contributed by atoms with Gasteiger partial charge in [0, 0.05) is 29.7 Å². The van der Waals surface area contributed by atoms with Crippen LogP contribution in [0.4, 0.5) is 0 Å². The average molecular weight is 257 g/mol. The van der Waals surface area contributed by atoms with Crippen LogP contribution in [-0.4, -0.2) is 23.5 Å². The second kappa shape index (κ2) is 6.29. The Hall–Kier alpha value is -1.94. The zero-order valence-electron chi connectivity index (χ0n) is 11.1. The molecule has 1 amide bonds. The maximum atomic E-state index is 12.3. The number of aromatic nitrogens is 1. The highest BCUT2D eigenvalue weighted by molar-refractivity contribution is 6.06. The van der Waals surface area contributed by atoms with E-state index >= 15 is 0 Å². The molecule has 0 aliphatic heterocycles. The summed E-state index contributed by atoms with van der Waals surface area (Å²) in [6.45, 7) is 2.54. The quantitative estimate of drug-likeness (QED) is 0.861. The van der Waals surface area contributed by atoms with E-state index < -0.39 is 0 Å². The van der Waals surface area contributed by atoms with Gasteiger partial charge in [0.1, 0.15) is 0 Å². The molecule has 1 aromatic carbocycles. The molecule has 1 unspecified atom stereocenters. The highest BCUT2D eigenvalue weighted by Gasteiger charge is 2.14. The molecule has 0 saturated heterocycles. The Kier molecular flexibility index (Phi) is 4.47. The number of benzene rings is 1. The summed E-state index contributed by atoms with van der Waals surface area (Å²) in [6, 6.07) is 9.35. The molecule has 1 atom stereocenters. The number of pyridine rings is 1. The standard InChI is InChI=1S/C15H19N3O/c1-2-5-11(10-16)18-15(19)13-6-3-8-14-12(13)7-4-9-17-14/h3-4,6-9,11H,2,5,10,16H2,1H3,(H,18,19). The first kappa shape index (κ1) is 13.5. The van der Waals surface area contributed by atoms with Gasteiger partial charge in [0.25, 0.3) is 5.91 Å². The van der Waals surface area contributed by atoms with Crippen LogP contribution in [0.5, 0.6) is 0 Å². The monoisotopic (exact) mass is 257 g/mol. The lowest BCUT2D eigenvalue weighted by atomic mass is 10.1. The number of carbonyl (C=O) groups excluding carboxylic acids is 1. The first-order valence-electron chi connectivity index (χ1n) is 6.61. The molecular weight excluding hydrogens is 238 g/mol. The number of nitrogens with one attached hydrogen (secondary N) is 1. The number of nitrogens with zero attached hydrogens (tertiary/aromatic N) is 1. The summed E-state index contributed by atoms with van der Waals surface area (Å²) in [7, 11) is 0. The molecule has 0 aliphatic carbocycles. The van der Waals surface area contributed by atoms with Gasteiger partial charge in [-0.05, 0) is 24.6 Å². The lowest BCUT2D eigenvalue weighted by Gasteiger charge is -2.16. The highest BCUT2D eigenvalue weighted by atomic mass is 16.1. The zero-order valence-corrected chi connectivity index (χ0v) is 11.1. The molecular formula is C15H19N3O. The van der Waals surface area contributed by atoms with E-state index in [1.807, 2.05) is 30.3 Å². The number of hydrogen-bond acceptors (Lipinski definition) is 3. The largest absolute Gasteiger partial charge is 0.348 e. The molecule has 2 rings (SSSR count). The lowest BCUT2D eigenvalue weighted by Crippen LogP contribution is -2.40. The Morgan fingerprint density at radius 3 is 2.95 bits per heavy atom. The fourth-order valence-electron chi connectivity index (χ4n) is 2.16. The maximum Gasteiger partial charge on any atom is 0.252 e. The molecule has 100 valence electrons. The van der Waals surface area contributed by atoms with Crippen LogP contribution in [0.2, 0.25) is 0 Å². The van der Waals surface area contributed by atoms with Crippen LogP contribution in [0.1, 0.15) is 30.1 Å². The van der Waals surface area contributed by atoms with Gasteiger partial charge in [-0.2, -0.15) is 0 Å². The molecule has 0 fully saturated rings. The third-order valence-corrected chi connectivity index (χ3v) is 3.15. The smallest absolute Gasteiger partial charge is 0.252 e. The minimum atomic E-state index is -0.0810. The molecule has 0 bridgehead atoms. The maximum absolute atomic E-state index is 12.3. The van der Waals surface area contributed by atoms with E-state index in [4.69, 9.17) is 5.73 Å². The Bertz CT molecular complexity index is 563. The van der Waals surface area contributed by atoms with E-state index in [0.717, 1.165) is 23.7 Å². The Morgan fingerprint density at radius 2 is 2.21 bits per heavy atom. The molecule has 1 aromatic heterocycles. The summed E-state index contributed by atoms with van der Waals surface area (Å²) in [5.41, 5.74) is 7.15. The van der Waals surface area contributed by atoms with Crippen LogP contribution >= 0.6 is 0 Å². The minimum absolute atomic E-state index is 0.0319. The number of hydrogen-bond donors (Lipinski definition) is 2. The molecule has 0 aliphatic rings. The number of amides is 1. The summed E-state index contributed by atoms with van der Waals surface area (Å²) in [5.74, 6) is -0.0810. The minimum Gasteiger partial charge on any atom is -0.348 e. The predicted molar refractivity (Wildman–Crippen MR) is 77.0 cm³/mol. The van der Waals surface area contributed by atoms with E-state index in [0.29, 0.717) is 12.1 Å². The second-order valence-electron chi connectivity index (χ2n) is 4.57. The van der Waals surface area contributed by atoms with Crippen LogP contribution in [-0.2, 0) is 0 Å². The third-order valence-electron chi connectivity index (χ3n) is 3.15. The normalized spacial score (nSPS) is 12.3. The average Bonchev–Trinajstić information content (AvgIpc) is 2.46. The first-order chi connectivity index (χ1) is 9.26. The SMILES string of the molecule is CCCC(CN)NC(=O)c1cccc2ncccc12. The molecule has 2 aromatic rings. The van der Waals surface area contributed by atoms with Crippen molar-refractivity contribution in [1.29, 1.82) is 0 Å². The van der Waals surface area contributed by atoms with Crippen LogP contribution < -0.4 is 11.1 Å². The van der Waals surface area contributed by atoms with Crippen LogP contribution in [0.3, 0.4) is 0 Å². The van der Waals surface area contributed by atoms with Crippen molar-refractivity contribution in [2.45, 2.75) is 25.8 Å². The molecule has 0 spiro atoms. The van der Waals surface area contributed by atoms with E-state index in [-0.39, 0.29) is 11.9 Å². The van der Waals surface area contributed by atoms with Crippen molar-refractivity contribution >= 4 is 16.8 Å². The topological polar surface area (TPSA) is 68.0 Å². The molecule has 4 nitrogen and oxygen atoms in total. The van der Waals surface area contributed by atoms with Crippen molar-refractivity contribution in [2.75, 3.05) is 6.54 Å². The van der Waals surface area contributed by atoms with Crippen LogP contribution in [0.25, 0.3) is 10.9 Å². The van der Waals surface area contributed by atoms with Crippen LogP contribution in [0.15, 0.2) is 36.5 Å². The molecule has 3 N–H and O–H groups in total. The van der Waals surface area contributed by atoms with E-state index in [1.54, 1.807) is 6.20 Å². The molecule has 19 heavy (non-hydrogen) atoms. The summed E-state index contributed by atoms with van der Waals surface area (Å²) >= 11 is 0. The van der Waals surface area contributed by atoms with Gasteiger partial charge in [0.05, 0.1) is 5.52 Å². The second-order valence-corrected chi connectivity index (χ2v) is 4.57. The van der Waals surface area contributed by atoms with Crippen molar-refractivity contribution < 1.29 is 4.79 Å². The third kappa shape index (κ3) is 3.09. The molecule has 0 radical (unpaired) electrons. The zero-order chi connectivity index (χ0) is 13.7. The number of rotatable bonds is 5. The lowest BCUT2D eigenvalue weighted by molar-refractivity contribution is 0.0938. The van der Waals surface area contributed by atoms with Gasteiger partial charge in [-0.15, -0.1) is 0 Å². The van der Waals surface area contributed by atoms with Crippen molar-refractivity contribution in [1.82, 2.24) is 10.3 Å². The highest BCUT2D eigenvalue weighted by Crippen LogP contribution is 2.16. The summed E-state index contributed by atoms with van der Waals surface area (Å²) < 4.78 is 0. The van der Waals surface area contributed by atoms with E-state index in [1.165, 1.54) is 0 Å². The Morgan fingerprint density at radius 1 is 1.37 bits per heavy atom. The van der Waals surface area contributed by atoms with Gasteiger partial charge < -0.3 is 11.1 Å². The van der Waals surface area contributed by atoms with Crippen molar-refractivity contribution in [3.05, 3.63) is 42.1 Å². The molecule has 4 heteroatoms. The van der Waals surface area contributed by atoms with Gasteiger partial charge >= 0.3 is 0 Å². The van der Waals surface area contributed by atoms with Gasteiger partial charge in [0.15, 0.2) is 0 Å². The fourth-order valence-corrected chi connectivity index (χ4v) is 2.16. The van der Waals surface area contributed by atoms with Crippen molar-refractivity contribution in [2.24, 2.45) is 5.73 Å². The van der Waals surface area contributed by atoms with Gasteiger partial charge in [-0.3, -0.25) is 9.78 Å². The summed E-state index contributed by atoms with van der Waals surface area (Å²) in [5, 5.41) is 3.85. The number of nitrogens with two attached hydrogens (primary N) is 1. The Labute approximate surface area is 113 Å². The van der Waals surface area contributed by atoms with Crippen LogP contribution in [0, 0.1) is 0 Å². The van der Waals surface area contributed by atoms with Crippen molar-refractivity contribution in [3.8, 4) is 0 Å². The number of carbonyl (C=O) groups is 1. The van der Waals surface area contributed by atoms with Crippen molar-refractivity contribution in [3.63, 3.8) is 0 Å². The van der Waals surface area contributed by atoms with Gasteiger partial charge in [-0.1, -0.05) is 25.5 Å². The summed E-state index contributed by atoms with van der Waals surface area (Å²) in [6.07, 6.45) is 3.62. The molecule has 1 heterocycles. The fraction of sp³-hybridized carbons (Fsp3) is 0.333. The Balaban J connectivity index is 2.26. The van der Waals surface area contributed by atoms with Gasteiger partial charge in [-0.25, -0.2) is 0 Å².